The summed E-state index contributed by atoms with van der Waals surface area (Å²) in [6.07, 6.45) is 2.35. The van der Waals surface area contributed by atoms with E-state index >= 15 is 0 Å². The third kappa shape index (κ3) is 6.44. The highest BCUT2D eigenvalue weighted by molar-refractivity contribution is 6.46. The van der Waals surface area contributed by atoms with Crippen molar-refractivity contribution in [1.29, 1.82) is 0 Å². The van der Waals surface area contributed by atoms with Crippen molar-refractivity contribution in [2.24, 2.45) is 5.92 Å². The largest absolute Gasteiger partial charge is 0.507 e. The number of ether oxygens (including phenoxy) is 3. The van der Waals surface area contributed by atoms with Gasteiger partial charge in [-0.15, -0.1) is 0 Å². The molecule has 0 unspecified atom stereocenters. The first-order valence-corrected chi connectivity index (χ1v) is 14.2. The van der Waals surface area contributed by atoms with Crippen molar-refractivity contribution in [1.82, 2.24) is 9.80 Å². The molecule has 0 aromatic heterocycles. The molecule has 216 valence electrons. The van der Waals surface area contributed by atoms with E-state index in [1.54, 1.807) is 11.0 Å². The van der Waals surface area contributed by atoms with Crippen molar-refractivity contribution >= 4 is 17.4 Å². The molecule has 2 aromatic carbocycles. The van der Waals surface area contributed by atoms with Gasteiger partial charge in [0.25, 0.3) is 11.7 Å². The highest BCUT2D eigenvalue weighted by atomic mass is 16.5. The van der Waals surface area contributed by atoms with E-state index in [0.29, 0.717) is 54.7 Å². The van der Waals surface area contributed by atoms with Crippen molar-refractivity contribution in [3.8, 4) is 17.2 Å². The molecule has 0 spiro atoms. The average Bonchev–Trinajstić information content (AvgIpc) is 3.39. The number of benzene rings is 2. The van der Waals surface area contributed by atoms with Crippen molar-refractivity contribution < 1.29 is 28.9 Å². The first-order chi connectivity index (χ1) is 19.1. The van der Waals surface area contributed by atoms with Crippen LogP contribution in [0.1, 0.15) is 63.3 Å². The van der Waals surface area contributed by atoms with Crippen LogP contribution >= 0.6 is 0 Å². The smallest absolute Gasteiger partial charge is 0.295 e. The maximum atomic E-state index is 13.5. The molecule has 0 saturated carbocycles. The van der Waals surface area contributed by atoms with Gasteiger partial charge in [-0.1, -0.05) is 19.9 Å². The van der Waals surface area contributed by atoms with E-state index in [-0.39, 0.29) is 17.4 Å². The normalized spacial score (nSPS) is 19.9. The first kappa shape index (κ1) is 29.5. The lowest BCUT2D eigenvalue weighted by atomic mass is 9.94. The van der Waals surface area contributed by atoms with Crippen LogP contribution in [0.15, 0.2) is 42.0 Å². The summed E-state index contributed by atoms with van der Waals surface area (Å²) in [5.74, 6) is 0.960. The van der Waals surface area contributed by atoms with Crippen molar-refractivity contribution in [3.63, 3.8) is 0 Å². The number of amides is 1. The number of aliphatic hydroxyl groups is 1. The number of hydrogen-bond donors (Lipinski definition) is 1. The van der Waals surface area contributed by atoms with Gasteiger partial charge >= 0.3 is 0 Å². The predicted octanol–water partition coefficient (Wildman–Crippen LogP) is 5.21. The molecule has 2 atom stereocenters. The van der Waals surface area contributed by atoms with E-state index < -0.39 is 17.7 Å². The van der Waals surface area contributed by atoms with E-state index in [0.717, 1.165) is 30.7 Å². The molecule has 40 heavy (non-hydrogen) atoms. The molecule has 4 rings (SSSR count). The van der Waals surface area contributed by atoms with Crippen LogP contribution in [0.4, 0.5) is 0 Å². The van der Waals surface area contributed by atoms with Gasteiger partial charge in [0, 0.05) is 18.5 Å². The lowest BCUT2D eigenvalue weighted by Crippen LogP contribution is -2.32. The molecule has 1 N–H and O–H groups in total. The molecule has 2 aliphatic rings. The quantitative estimate of drug-likeness (QED) is 0.221. The van der Waals surface area contributed by atoms with Gasteiger partial charge in [0.05, 0.1) is 24.8 Å². The van der Waals surface area contributed by atoms with Crippen LogP contribution in [-0.2, 0) is 16.0 Å². The monoisotopic (exact) mass is 550 g/mol. The highest BCUT2D eigenvalue weighted by Gasteiger charge is 2.46. The van der Waals surface area contributed by atoms with E-state index in [1.807, 2.05) is 63.2 Å². The number of rotatable bonds is 12. The second-order valence-corrected chi connectivity index (χ2v) is 11.3. The van der Waals surface area contributed by atoms with Crippen LogP contribution in [0, 0.1) is 5.92 Å². The Hall–Kier alpha value is -3.52. The van der Waals surface area contributed by atoms with Gasteiger partial charge in [-0.05, 0) is 94.7 Å². The Morgan fingerprint density at radius 1 is 1.12 bits per heavy atom. The van der Waals surface area contributed by atoms with E-state index in [4.69, 9.17) is 14.2 Å². The molecule has 8 nitrogen and oxygen atoms in total. The van der Waals surface area contributed by atoms with Crippen LogP contribution < -0.4 is 14.2 Å². The van der Waals surface area contributed by atoms with Gasteiger partial charge in [0.15, 0.2) is 11.5 Å². The van der Waals surface area contributed by atoms with Crippen molar-refractivity contribution in [2.45, 2.75) is 59.1 Å². The molecule has 0 radical (unpaired) electrons. The summed E-state index contributed by atoms with van der Waals surface area (Å²) < 4.78 is 17.8. The molecule has 8 heteroatoms. The number of ketones is 1. The number of nitrogens with zero attached hydrogens (tertiary/aromatic N) is 2. The zero-order valence-corrected chi connectivity index (χ0v) is 24.5. The Morgan fingerprint density at radius 2 is 1.90 bits per heavy atom. The number of Topliss-reactive ketones (excluding diaryl/α,β-unsaturated/α-hetero) is 1. The minimum Gasteiger partial charge on any atom is -0.507 e. The summed E-state index contributed by atoms with van der Waals surface area (Å²) >= 11 is 0. The lowest BCUT2D eigenvalue weighted by Gasteiger charge is -2.26. The molecular weight excluding hydrogens is 508 g/mol. The second kappa shape index (κ2) is 12.8. The van der Waals surface area contributed by atoms with Gasteiger partial charge < -0.3 is 29.1 Å². The number of likely N-dealkylation sites (tertiary alicyclic amines) is 1. The zero-order valence-electron chi connectivity index (χ0n) is 24.5. The van der Waals surface area contributed by atoms with Crippen LogP contribution in [0.5, 0.6) is 17.2 Å². The predicted molar refractivity (Wildman–Crippen MR) is 155 cm³/mol. The number of fused-ring (bicyclic) bond motifs is 1. The minimum absolute atomic E-state index is 0.0490. The van der Waals surface area contributed by atoms with E-state index in [9.17, 15) is 14.7 Å². The molecular formula is C32H42N2O6. The highest BCUT2D eigenvalue weighted by Crippen LogP contribution is 2.43. The summed E-state index contributed by atoms with van der Waals surface area (Å²) in [5, 5.41) is 11.5. The summed E-state index contributed by atoms with van der Waals surface area (Å²) in [5.41, 5.74) is 2.22. The fraction of sp³-hybridized carbons (Fsp3) is 0.500. The fourth-order valence-corrected chi connectivity index (χ4v) is 5.23. The molecule has 1 amide bonds. The minimum atomic E-state index is -0.755. The van der Waals surface area contributed by atoms with E-state index in [2.05, 4.69) is 13.8 Å². The number of carbonyl (C=O) groups excluding carboxylic acids is 2. The average molecular weight is 551 g/mol. The Bertz CT molecular complexity index is 1270. The third-order valence-electron chi connectivity index (χ3n) is 7.25. The summed E-state index contributed by atoms with van der Waals surface area (Å²) in [4.78, 5) is 30.5. The first-order valence-electron chi connectivity index (χ1n) is 14.2. The van der Waals surface area contributed by atoms with Gasteiger partial charge in [0.2, 0.25) is 0 Å². The molecule has 1 fully saturated rings. The molecule has 2 aliphatic heterocycles. The Morgan fingerprint density at radius 3 is 2.60 bits per heavy atom. The molecule has 0 aliphatic carbocycles. The summed E-state index contributed by atoms with van der Waals surface area (Å²) in [6, 6.07) is 10.2. The standard InChI is InChI=1S/C32H42N2O6/c1-7-38-27-19-22(9-12-26(27)39-16-13-20(2)3)29-28(31(36)32(37)34(29)15-8-14-33(5)6)30(35)23-10-11-25-24(18-23)17-21(4)40-25/h9-12,18-21,29,35H,7-8,13-17H2,1-6H3/b30-28+/t21-,29+/m0/s1. The Balaban J connectivity index is 1.77. The molecule has 0 bridgehead atoms. The topological polar surface area (TPSA) is 88.5 Å². The van der Waals surface area contributed by atoms with Crippen LogP contribution in [0.25, 0.3) is 5.76 Å². The molecule has 1 saturated heterocycles. The summed E-state index contributed by atoms with van der Waals surface area (Å²) in [7, 11) is 3.94. The van der Waals surface area contributed by atoms with E-state index in [1.165, 1.54) is 0 Å². The van der Waals surface area contributed by atoms with Gasteiger partial charge in [-0.3, -0.25) is 9.59 Å². The van der Waals surface area contributed by atoms with Crippen LogP contribution in [0.3, 0.4) is 0 Å². The molecule has 2 heterocycles. The lowest BCUT2D eigenvalue weighted by molar-refractivity contribution is -0.139. The Labute approximate surface area is 237 Å². The Kier molecular flexibility index (Phi) is 9.40. The second-order valence-electron chi connectivity index (χ2n) is 11.3. The van der Waals surface area contributed by atoms with Crippen molar-refractivity contribution in [3.05, 3.63) is 58.7 Å². The number of aliphatic hydroxyl groups excluding tert-OH is 1. The summed E-state index contributed by atoms with van der Waals surface area (Å²) in [6.45, 7) is 10.3. The fourth-order valence-electron chi connectivity index (χ4n) is 5.23. The zero-order chi connectivity index (χ0) is 29.0. The maximum absolute atomic E-state index is 13.5. The SMILES string of the molecule is CCOc1cc([C@@H]2/C(=C(\O)c3ccc4c(c3)C[C@H](C)O4)C(=O)C(=O)N2CCCN(C)C)ccc1OCCC(C)C. The van der Waals surface area contributed by atoms with Gasteiger partial charge in [-0.2, -0.15) is 0 Å². The number of hydrogen-bond acceptors (Lipinski definition) is 7. The third-order valence-corrected chi connectivity index (χ3v) is 7.25. The number of carbonyl (C=O) groups is 2. The van der Waals surface area contributed by atoms with Crippen LogP contribution in [0.2, 0.25) is 0 Å². The van der Waals surface area contributed by atoms with Gasteiger partial charge in [0.1, 0.15) is 17.6 Å². The van der Waals surface area contributed by atoms with Crippen LogP contribution in [-0.4, -0.2) is 73.1 Å². The maximum Gasteiger partial charge on any atom is 0.295 e. The van der Waals surface area contributed by atoms with Gasteiger partial charge in [-0.25, -0.2) is 0 Å². The van der Waals surface area contributed by atoms with Crippen molar-refractivity contribution in [2.75, 3.05) is 40.4 Å². The molecule has 2 aromatic rings.